The summed E-state index contributed by atoms with van der Waals surface area (Å²) in [5, 5.41) is 6.59. The van der Waals surface area contributed by atoms with Crippen molar-refractivity contribution in [2.75, 3.05) is 19.7 Å². The van der Waals surface area contributed by atoms with Gasteiger partial charge in [-0.15, -0.1) is 0 Å². The molecule has 2 heterocycles. The van der Waals surface area contributed by atoms with Gasteiger partial charge in [0.1, 0.15) is 12.1 Å². The van der Waals surface area contributed by atoms with Crippen molar-refractivity contribution in [3.8, 4) is 0 Å². The van der Waals surface area contributed by atoms with E-state index in [4.69, 9.17) is 18.9 Å². The van der Waals surface area contributed by atoms with E-state index >= 15 is 0 Å². The second-order valence-electron chi connectivity index (χ2n) is 10.0. The molecule has 0 radical (unpaired) electrons. The highest BCUT2D eigenvalue weighted by atomic mass is 16.8. The third-order valence-corrected chi connectivity index (χ3v) is 6.61. The molecule has 1 unspecified atom stereocenters. The Kier molecular flexibility index (Phi) is 11.5. The van der Waals surface area contributed by atoms with Crippen LogP contribution in [0.1, 0.15) is 65.4 Å². The Bertz CT molecular complexity index is 973. The molecule has 1 N–H and O–H groups in total. The van der Waals surface area contributed by atoms with E-state index < -0.39 is 42.5 Å². The minimum Gasteiger partial charge on any atom is -0.465 e. The number of fused-ring (bicyclic) bond motifs is 1. The zero-order valence-corrected chi connectivity index (χ0v) is 23.3. The fourth-order valence-electron chi connectivity index (χ4n) is 4.87. The lowest BCUT2D eigenvalue weighted by Crippen LogP contribution is -2.62. The molecular weight excluding hydrogens is 506 g/mol. The van der Waals surface area contributed by atoms with Gasteiger partial charge in [-0.2, -0.15) is 0 Å². The summed E-state index contributed by atoms with van der Waals surface area (Å²) in [6, 6.07) is 7.59. The number of rotatable bonds is 11. The quantitative estimate of drug-likeness (QED) is 0.251. The molecule has 2 aliphatic rings. The van der Waals surface area contributed by atoms with E-state index in [1.165, 1.54) is 11.9 Å². The molecular formula is C28H41N3O8. The molecule has 2 aliphatic heterocycles. The molecule has 1 aromatic rings. The Labute approximate surface area is 230 Å². The highest BCUT2D eigenvalue weighted by Crippen LogP contribution is 2.25. The number of benzene rings is 1. The number of aryl methyl sites for hydroxylation is 1. The number of hydrazine groups is 1. The smallest absolute Gasteiger partial charge is 0.465 e. The SMILES string of the molecule is CCOC(=O)[C@H](CCc1ccccc1)N[C@H]1CCCN2CCC[C@@H](C(=O)OC(C)OC(=O)OC(C)C)N2C1=O. The van der Waals surface area contributed by atoms with Crippen LogP contribution in [0.2, 0.25) is 0 Å². The van der Waals surface area contributed by atoms with Crippen molar-refractivity contribution in [2.24, 2.45) is 0 Å². The zero-order chi connectivity index (χ0) is 28.4. The number of esters is 2. The fourth-order valence-corrected chi connectivity index (χ4v) is 4.87. The fraction of sp³-hybridized carbons (Fsp3) is 0.643. The molecule has 2 saturated heterocycles. The molecule has 0 aliphatic carbocycles. The van der Waals surface area contributed by atoms with E-state index in [2.05, 4.69) is 5.32 Å². The Balaban J connectivity index is 1.70. The molecule has 3 rings (SSSR count). The first-order valence-electron chi connectivity index (χ1n) is 13.8. The van der Waals surface area contributed by atoms with Gasteiger partial charge in [0.15, 0.2) is 0 Å². The summed E-state index contributed by atoms with van der Waals surface area (Å²) in [5.74, 6) is -1.36. The Morgan fingerprint density at radius 2 is 1.69 bits per heavy atom. The highest BCUT2D eigenvalue weighted by Gasteiger charge is 2.43. The normalized spacial score (nSPS) is 21.4. The van der Waals surface area contributed by atoms with Crippen LogP contribution >= 0.6 is 0 Å². The summed E-state index contributed by atoms with van der Waals surface area (Å²) in [7, 11) is 0. The molecule has 216 valence electrons. The van der Waals surface area contributed by atoms with Crippen LogP contribution in [0.4, 0.5) is 4.79 Å². The van der Waals surface area contributed by atoms with Crippen LogP contribution < -0.4 is 5.32 Å². The van der Waals surface area contributed by atoms with Gasteiger partial charge in [0.05, 0.1) is 18.8 Å². The van der Waals surface area contributed by atoms with Gasteiger partial charge in [-0.05, 0) is 64.9 Å². The maximum Gasteiger partial charge on any atom is 0.511 e. The molecule has 1 aromatic carbocycles. The van der Waals surface area contributed by atoms with Gasteiger partial charge >= 0.3 is 18.1 Å². The van der Waals surface area contributed by atoms with Crippen LogP contribution in [-0.2, 0) is 39.8 Å². The van der Waals surface area contributed by atoms with Crippen molar-refractivity contribution in [3.63, 3.8) is 0 Å². The average molecular weight is 548 g/mol. The second kappa shape index (κ2) is 14.8. The third-order valence-electron chi connectivity index (χ3n) is 6.61. The van der Waals surface area contributed by atoms with Crippen molar-refractivity contribution in [1.29, 1.82) is 0 Å². The molecule has 0 spiro atoms. The first-order valence-corrected chi connectivity index (χ1v) is 13.8. The van der Waals surface area contributed by atoms with E-state index in [0.29, 0.717) is 51.6 Å². The zero-order valence-electron chi connectivity index (χ0n) is 23.3. The van der Waals surface area contributed by atoms with Crippen molar-refractivity contribution >= 4 is 24.0 Å². The molecule has 39 heavy (non-hydrogen) atoms. The number of amides is 1. The van der Waals surface area contributed by atoms with Gasteiger partial charge in [0.25, 0.3) is 5.91 Å². The number of carbonyl (C=O) groups excluding carboxylic acids is 4. The molecule has 11 heteroatoms. The first-order chi connectivity index (χ1) is 18.7. The Hall–Kier alpha value is -3.18. The minimum atomic E-state index is -1.18. The van der Waals surface area contributed by atoms with Gasteiger partial charge in [-0.3, -0.25) is 19.9 Å². The van der Waals surface area contributed by atoms with Crippen LogP contribution in [0.3, 0.4) is 0 Å². The van der Waals surface area contributed by atoms with Crippen LogP contribution in [0.15, 0.2) is 30.3 Å². The maximum atomic E-state index is 13.8. The molecule has 11 nitrogen and oxygen atoms in total. The summed E-state index contributed by atoms with van der Waals surface area (Å²) in [4.78, 5) is 51.6. The second-order valence-corrected chi connectivity index (χ2v) is 10.0. The maximum absolute atomic E-state index is 13.8. The predicted octanol–water partition coefficient (Wildman–Crippen LogP) is 2.96. The number of hydrogen-bond donors (Lipinski definition) is 1. The summed E-state index contributed by atoms with van der Waals surface area (Å²) >= 11 is 0. The van der Waals surface area contributed by atoms with Gasteiger partial charge in [0.2, 0.25) is 6.29 Å². The molecule has 0 aromatic heterocycles. The van der Waals surface area contributed by atoms with Gasteiger partial charge < -0.3 is 18.9 Å². The summed E-state index contributed by atoms with van der Waals surface area (Å²) in [6.07, 6.45) is 0.932. The van der Waals surface area contributed by atoms with Crippen molar-refractivity contribution in [1.82, 2.24) is 15.3 Å². The van der Waals surface area contributed by atoms with Gasteiger partial charge in [-0.1, -0.05) is 30.3 Å². The number of ether oxygens (including phenoxy) is 4. The number of nitrogens with one attached hydrogen (secondary N) is 1. The first kappa shape index (κ1) is 30.4. The monoisotopic (exact) mass is 547 g/mol. The van der Waals surface area contributed by atoms with Crippen LogP contribution in [0, 0.1) is 0 Å². The summed E-state index contributed by atoms with van der Waals surface area (Å²) in [5.41, 5.74) is 1.08. The topological polar surface area (TPSA) is 124 Å². The summed E-state index contributed by atoms with van der Waals surface area (Å²) in [6.45, 7) is 7.98. The standard InChI is InChI=1S/C28H41N3O8/c1-5-36-26(33)23(16-15-21-11-7-6-8-12-21)29-22-13-9-17-30-18-10-14-24(31(30)25(22)32)27(34)38-20(4)39-28(35)37-19(2)3/h6-8,11-12,19-20,22-24,29H,5,9-10,13-18H2,1-4H3/t20?,22-,23-,24-/m0/s1. The van der Waals surface area contributed by atoms with Crippen LogP contribution in [0.5, 0.6) is 0 Å². The number of hydrogen-bond acceptors (Lipinski definition) is 10. The average Bonchev–Trinajstić information content (AvgIpc) is 3.04. The van der Waals surface area contributed by atoms with Gasteiger partial charge in [-0.25, -0.2) is 14.6 Å². The lowest BCUT2D eigenvalue weighted by Gasteiger charge is -2.43. The highest BCUT2D eigenvalue weighted by molar-refractivity contribution is 5.88. The molecule has 4 atom stereocenters. The Morgan fingerprint density at radius 3 is 2.36 bits per heavy atom. The molecule has 2 fully saturated rings. The largest absolute Gasteiger partial charge is 0.511 e. The Morgan fingerprint density at radius 1 is 1.00 bits per heavy atom. The molecule has 1 amide bonds. The predicted molar refractivity (Wildman–Crippen MR) is 141 cm³/mol. The van der Waals surface area contributed by atoms with Crippen molar-refractivity contribution < 1.29 is 38.1 Å². The van der Waals surface area contributed by atoms with E-state index in [1.807, 2.05) is 35.3 Å². The molecule has 0 bridgehead atoms. The third kappa shape index (κ3) is 8.93. The lowest BCUT2D eigenvalue weighted by atomic mass is 10.0. The number of carbonyl (C=O) groups is 4. The van der Waals surface area contributed by atoms with Crippen molar-refractivity contribution in [3.05, 3.63) is 35.9 Å². The number of nitrogens with zero attached hydrogens (tertiary/aromatic N) is 2. The van der Waals surface area contributed by atoms with E-state index in [0.717, 1.165) is 5.56 Å². The lowest BCUT2D eigenvalue weighted by molar-refractivity contribution is -0.192. The van der Waals surface area contributed by atoms with Crippen molar-refractivity contribution in [2.45, 2.75) is 96.7 Å². The van der Waals surface area contributed by atoms with E-state index in [9.17, 15) is 19.2 Å². The van der Waals surface area contributed by atoms with E-state index in [-0.39, 0.29) is 18.6 Å². The molecule has 0 saturated carbocycles. The van der Waals surface area contributed by atoms with E-state index in [1.54, 1.807) is 20.8 Å². The minimum absolute atomic E-state index is 0.236. The van der Waals surface area contributed by atoms with Crippen LogP contribution in [0.25, 0.3) is 0 Å². The van der Waals surface area contributed by atoms with Gasteiger partial charge in [0, 0.05) is 20.0 Å². The summed E-state index contributed by atoms with van der Waals surface area (Å²) < 4.78 is 20.6. The van der Waals surface area contributed by atoms with Crippen LogP contribution in [-0.4, -0.2) is 84.2 Å².